The molecule has 2 unspecified atom stereocenters. The topological polar surface area (TPSA) is 108 Å². The van der Waals surface area contributed by atoms with E-state index in [4.69, 9.17) is 18.5 Å². The number of rotatable bonds is 78. The predicted octanol–water partition coefficient (Wildman–Crippen LogP) is 28.2. The fourth-order valence-corrected chi connectivity index (χ4v) is 13.0. The molecule has 0 aliphatic carbocycles. The molecule has 0 aromatic heterocycles. The summed E-state index contributed by atoms with van der Waals surface area (Å²) in [7, 11) is 1.49. The van der Waals surface area contributed by atoms with Crippen molar-refractivity contribution < 1.29 is 42.1 Å². The fourth-order valence-electron chi connectivity index (χ4n) is 12.2. The molecule has 0 heterocycles. The van der Waals surface area contributed by atoms with Crippen molar-refractivity contribution in [2.75, 3.05) is 47.5 Å². The van der Waals surface area contributed by atoms with Gasteiger partial charge in [0, 0.05) is 12.8 Å². The first-order valence-electron chi connectivity index (χ1n) is 42.0. The molecule has 0 spiro atoms. The molecule has 2 atom stereocenters. The molecule has 0 radical (unpaired) electrons. The van der Waals surface area contributed by atoms with Gasteiger partial charge in [0.25, 0.3) is 0 Å². The molecule has 0 aliphatic rings. The molecule has 0 aliphatic heterocycles. The van der Waals surface area contributed by atoms with Crippen LogP contribution in [0.15, 0.2) is 97.2 Å². The van der Waals surface area contributed by atoms with Crippen molar-refractivity contribution in [3.8, 4) is 0 Å². The summed E-state index contributed by atoms with van der Waals surface area (Å²) < 4.78 is 34.9. The highest BCUT2D eigenvalue weighted by atomic mass is 31.2. The number of allylic oxidation sites excluding steroid dienone is 16. The van der Waals surface area contributed by atoms with E-state index < -0.39 is 26.5 Å². The Morgan fingerprint density at radius 1 is 0.327 bits per heavy atom. The van der Waals surface area contributed by atoms with Crippen molar-refractivity contribution in [3.05, 3.63) is 97.2 Å². The Bertz CT molecular complexity index is 1980. The summed E-state index contributed by atoms with van der Waals surface area (Å²) in [6.45, 7) is 4.37. The van der Waals surface area contributed by atoms with E-state index in [1.807, 2.05) is 21.1 Å². The summed E-state index contributed by atoms with van der Waals surface area (Å²) in [6.07, 6.45) is 110. The molecule has 0 saturated heterocycles. The third-order valence-electron chi connectivity index (χ3n) is 18.6. The maximum Gasteiger partial charge on any atom is 0.472 e. The molecule has 0 fully saturated rings. The number of esters is 2. The number of quaternary nitrogens is 1. The molecule has 9 nitrogen and oxygen atoms in total. The van der Waals surface area contributed by atoms with Crippen LogP contribution in [0.4, 0.5) is 0 Å². The van der Waals surface area contributed by atoms with Crippen molar-refractivity contribution in [2.24, 2.45) is 0 Å². The second kappa shape index (κ2) is 78.1. The van der Waals surface area contributed by atoms with Crippen LogP contribution in [0.1, 0.15) is 399 Å². The van der Waals surface area contributed by atoms with Crippen LogP contribution >= 0.6 is 7.82 Å². The Morgan fingerprint density at radius 2 is 0.582 bits per heavy atom. The molecule has 10 heteroatoms. The zero-order valence-electron chi connectivity index (χ0n) is 65.3. The molecule has 570 valence electrons. The second-order valence-electron chi connectivity index (χ2n) is 29.5. The van der Waals surface area contributed by atoms with Crippen molar-refractivity contribution in [1.82, 2.24) is 0 Å². The molecular formula is C88H161NO8P+. The molecule has 98 heavy (non-hydrogen) atoms. The zero-order valence-corrected chi connectivity index (χ0v) is 66.2. The van der Waals surface area contributed by atoms with E-state index in [0.717, 1.165) is 77.0 Å². The number of nitrogens with zero attached hydrogens (tertiary/aromatic N) is 1. The molecule has 0 rings (SSSR count). The summed E-state index contributed by atoms with van der Waals surface area (Å²) in [5.41, 5.74) is 0. The number of likely N-dealkylation sites (N-methyl/N-ethyl adjacent to an activating group) is 1. The highest BCUT2D eigenvalue weighted by Crippen LogP contribution is 2.43. The number of phosphoric ester groups is 1. The van der Waals surface area contributed by atoms with E-state index >= 15 is 0 Å². The van der Waals surface area contributed by atoms with E-state index in [1.54, 1.807) is 0 Å². The first kappa shape index (κ1) is 94.9. The number of ether oxygens (including phenoxy) is 2. The summed E-state index contributed by atoms with van der Waals surface area (Å²) in [5, 5.41) is 0. The molecule has 1 N–H and O–H groups in total. The molecule has 0 amide bonds. The van der Waals surface area contributed by atoms with E-state index in [1.165, 1.54) is 289 Å². The van der Waals surface area contributed by atoms with Crippen LogP contribution in [-0.2, 0) is 32.7 Å². The number of phosphoric acid groups is 1. The van der Waals surface area contributed by atoms with Crippen molar-refractivity contribution in [2.45, 2.75) is 405 Å². The van der Waals surface area contributed by atoms with Gasteiger partial charge in [0.05, 0.1) is 27.7 Å². The highest BCUT2D eigenvalue weighted by molar-refractivity contribution is 7.47. The summed E-state index contributed by atoms with van der Waals surface area (Å²) in [5.74, 6) is -0.777. The van der Waals surface area contributed by atoms with Crippen molar-refractivity contribution >= 4 is 19.8 Å². The van der Waals surface area contributed by atoms with Crippen LogP contribution in [0.5, 0.6) is 0 Å². The predicted molar refractivity (Wildman–Crippen MR) is 427 cm³/mol. The van der Waals surface area contributed by atoms with Gasteiger partial charge in [-0.3, -0.25) is 18.6 Å². The number of unbranched alkanes of at least 4 members (excludes halogenated alkanes) is 48. The van der Waals surface area contributed by atoms with E-state index in [-0.39, 0.29) is 25.6 Å². The molecule has 0 bridgehead atoms. The fraction of sp³-hybridized carbons (Fsp3) is 0.795. The van der Waals surface area contributed by atoms with Gasteiger partial charge in [0.1, 0.15) is 19.8 Å². The number of hydrogen-bond donors (Lipinski definition) is 1. The van der Waals surface area contributed by atoms with Gasteiger partial charge in [-0.2, -0.15) is 0 Å². The number of carbonyl (C=O) groups excluding carboxylic acids is 2. The smallest absolute Gasteiger partial charge is 0.462 e. The van der Waals surface area contributed by atoms with E-state index in [2.05, 4.69) is 111 Å². The number of carbonyl (C=O) groups is 2. The maximum atomic E-state index is 12.9. The van der Waals surface area contributed by atoms with Crippen molar-refractivity contribution in [1.29, 1.82) is 0 Å². The van der Waals surface area contributed by atoms with Crippen LogP contribution in [0.2, 0.25) is 0 Å². The van der Waals surface area contributed by atoms with Gasteiger partial charge in [-0.05, 0) is 96.3 Å². The van der Waals surface area contributed by atoms with Gasteiger partial charge in [-0.15, -0.1) is 0 Å². The Labute approximate surface area is 608 Å². The van der Waals surface area contributed by atoms with Crippen LogP contribution in [0, 0.1) is 0 Å². The third-order valence-corrected chi connectivity index (χ3v) is 19.6. The van der Waals surface area contributed by atoms with Gasteiger partial charge in [0.15, 0.2) is 6.10 Å². The van der Waals surface area contributed by atoms with E-state index in [0.29, 0.717) is 23.9 Å². The lowest BCUT2D eigenvalue weighted by Crippen LogP contribution is -2.37. The summed E-state index contributed by atoms with van der Waals surface area (Å²) in [4.78, 5) is 36.0. The third kappa shape index (κ3) is 81.9. The van der Waals surface area contributed by atoms with Gasteiger partial charge in [0.2, 0.25) is 0 Å². The van der Waals surface area contributed by atoms with Crippen LogP contribution in [0.25, 0.3) is 0 Å². The molecule has 0 aromatic rings. The van der Waals surface area contributed by atoms with Crippen LogP contribution < -0.4 is 0 Å². The van der Waals surface area contributed by atoms with Crippen LogP contribution in [0.3, 0.4) is 0 Å². The Morgan fingerprint density at radius 3 is 0.867 bits per heavy atom. The van der Waals surface area contributed by atoms with Gasteiger partial charge in [-0.1, -0.05) is 387 Å². The number of hydrogen-bond acceptors (Lipinski definition) is 7. The first-order chi connectivity index (χ1) is 48.0. The lowest BCUT2D eigenvalue weighted by Gasteiger charge is -2.24. The largest absolute Gasteiger partial charge is 0.472 e. The Balaban J connectivity index is 3.91. The molecular weight excluding hydrogens is 1230 g/mol. The lowest BCUT2D eigenvalue weighted by atomic mass is 10.0. The standard InChI is InChI=1S/C88H160NO8P/c1-6-8-10-12-14-16-18-20-22-24-26-28-30-32-34-36-38-40-42-43-44-45-47-49-51-53-55-57-59-61-63-65-67-69-71-73-75-77-79-81-88(91)97-86(85-96-98(92,93)95-83-82-89(3,4)5)84-94-87(90)80-78-76-74-72-70-68-66-64-62-60-58-56-54-52-50-48-46-41-39-37-35-33-31-29-27-25-23-21-19-17-15-13-11-9-7-2/h8,10,14,16,19-22,25-28,32,34,38,40,86H,6-7,9,11-13,15,17-18,23-24,29-31,33,35-37,39,41-85H2,1-5H3/p+1/b10-8-,16-14-,21-19-,22-20-,27-25-,28-26-,34-32-,40-38-. The highest BCUT2D eigenvalue weighted by Gasteiger charge is 2.27. The van der Waals surface area contributed by atoms with Gasteiger partial charge in [-0.25, -0.2) is 4.57 Å². The minimum absolute atomic E-state index is 0.0323. The minimum Gasteiger partial charge on any atom is -0.462 e. The van der Waals surface area contributed by atoms with Gasteiger partial charge < -0.3 is 18.9 Å². The molecule has 0 aromatic carbocycles. The first-order valence-corrected chi connectivity index (χ1v) is 43.5. The summed E-state index contributed by atoms with van der Waals surface area (Å²) >= 11 is 0. The monoisotopic (exact) mass is 1390 g/mol. The minimum atomic E-state index is -4.40. The van der Waals surface area contributed by atoms with Gasteiger partial charge >= 0.3 is 19.8 Å². The van der Waals surface area contributed by atoms with E-state index in [9.17, 15) is 19.0 Å². The summed E-state index contributed by atoms with van der Waals surface area (Å²) in [6, 6.07) is 0. The average Bonchev–Trinajstić information content (AvgIpc) is 1.23. The normalized spacial score (nSPS) is 13.5. The average molecular weight is 1390 g/mol. The lowest BCUT2D eigenvalue weighted by molar-refractivity contribution is -0.870. The molecule has 0 saturated carbocycles. The maximum absolute atomic E-state index is 12.9. The SMILES string of the molecule is CC/C=C\C/C=C\C/C=C\C/C=C\C/C=C\C/C=C\CCCCCCCCCCCCCCCCCCCCCCC(=O)OC(COC(=O)CCCCCCCCCCCCCCCCCCCCCCCCC/C=C\C/C=C\CCCCCCC)COP(=O)(O)OCC[N+](C)(C)C. The zero-order chi connectivity index (χ0) is 71.1. The Kier molecular flexibility index (Phi) is 75.6. The van der Waals surface area contributed by atoms with Crippen molar-refractivity contribution in [3.63, 3.8) is 0 Å². The van der Waals surface area contributed by atoms with Crippen LogP contribution in [-0.4, -0.2) is 74.9 Å². The quantitative estimate of drug-likeness (QED) is 0.0211. The second-order valence-corrected chi connectivity index (χ2v) is 30.9. The Hall–Kier alpha value is -3.07.